The lowest BCUT2D eigenvalue weighted by atomic mass is 9.93. The van der Waals surface area contributed by atoms with E-state index in [4.69, 9.17) is 0 Å². The SMILES string of the molecule is C=Cc1cc(F)cc(Cn2ccnc2)c1-c1ccc(N2CCN(S(=O)(=O)C(C)C)CC2)cc1. The lowest BCUT2D eigenvalue weighted by molar-refractivity contribution is 0.381. The highest BCUT2D eigenvalue weighted by Crippen LogP contribution is 2.32. The average Bonchev–Trinajstić information content (AvgIpc) is 3.32. The number of benzene rings is 2. The predicted octanol–water partition coefficient (Wildman–Crippen LogP) is 4.24. The minimum absolute atomic E-state index is 0.297. The van der Waals surface area contributed by atoms with Crippen molar-refractivity contribution in [1.82, 2.24) is 13.9 Å². The minimum Gasteiger partial charge on any atom is -0.369 e. The molecule has 8 heteroatoms. The number of piperazine rings is 1. The van der Waals surface area contributed by atoms with Gasteiger partial charge in [0, 0.05) is 50.8 Å². The van der Waals surface area contributed by atoms with Gasteiger partial charge >= 0.3 is 0 Å². The highest BCUT2D eigenvalue weighted by molar-refractivity contribution is 7.89. The number of halogens is 1. The number of sulfonamides is 1. The molecule has 0 unspecified atom stereocenters. The van der Waals surface area contributed by atoms with Gasteiger partial charge in [-0.2, -0.15) is 4.31 Å². The van der Waals surface area contributed by atoms with Crippen molar-refractivity contribution in [3.05, 3.63) is 78.6 Å². The van der Waals surface area contributed by atoms with Crippen molar-refractivity contribution in [3.63, 3.8) is 0 Å². The Labute approximate surface area is 195 Å². The smallest absolute Gasteiger partial charge is 0.216 e. The Morgan fingerprint density at radius 2 is 1.82 bits per heavy atom. The largest absolute Gasteiger partial charge is 0.369 e. The van der Waals surface area contributed by atoms with Gasteiger partial charge in [0.2, 0.25) is 10.0 Å². The first kappa shape index (κ1) is 23.2. The third-order valence-electron chi connectivity index (χ3n) is 6.06. The first-order valence-electron chi connectivity index (χ1n) is 11.0. The molecule has 4 rings (SSSR count). The number of rotatable bonds is 7. The summed E-state index contributed by atoms with van der Waals surface area (Å²) in [6, 6.07) is 11.2. The molecule has 1 aliphatic rings. The molecule has 1 aliphatic heterocycles. The molecular weight excluding hydrogens is 439 g/mol. The molecule has 0 aliphatic carbocycles. The molecule has 0 bridgehead atoms. The molecule has 0 saturated carbocycles. The molecule has 1 aromatic heterocycles. The maximum Gasteiger partial charge on any atom is 0.216 e. The lowest BCUT2D eigenvalue weighted by Crippen LogP contribution is -2.50. The third kappa shape index (κ3) is 4.86. The zero-order valence-electron chi connectivity index (χ0n) is 19.0. The second-order valence-electron chi connectivity index (χ2n) is 8.49. The van der Waals surface area contributed by atoms with E-state index in [0.29, 0.717) is 32.7 Å². The summed E-state index contributed by atoms with van der Waals surface area (Å²) in [6.45, 7) is 10.1. The predicted molar refractivity (Wildman–Crippen MR) is 131 cm³/mol. The van der Waals surface area contributed by atoms with Crippen molar-refractivity contribution in [1.29, 1.82) is 0 Å². The Kier molecular flexibility index (Phi) is 6.67. The van der Waals surface area contributed by atoms with Crippen LogP contribution in [0.1, 0.15) is 25.0 Å². The highest BCUT2D eigenvalue weighted by atomic mass is 32.2. The van der Waals surface area contributed by atoms with Crippen molar-refractivity contribution in [2.24, 2.45) is 0 Å². The van der Waals surface area contributed by atoms with Crippen LogP contribution in [-0.2, 0) is 16.6 Å². The minimum atomic E-state index is -3.23. The Bertz CT molecular complexity index is 1210. The number of anilines is 1. The van der Waals surface area contributed by atoms with Gasteiger partial charge in [0.1, 0.15) is 5.82 Å². The Balaban J connectivity index is 1.57. The first-order chi connectivity index (χ1) is 15.8. The molecule has 0 amide bonds. The first-order valence-corrected chi connectivity index (χ1v) is 12.5. The van der Waals surface area contributed by atoms with E-state index in [-0.39, 0.29) is 5.82 Å². The molecule has 174 valence electrons. The van der Waals surface area contributed by atoms with Crippen LogP contribution in [-0.4, -0.2) is 53.7 Å². The van der Waals surface area contributed by atoms with Crippen molar-refractivity contribution >= 4 is 21.8 Å². The molecule has 1 fully saturated rings. The van der Waals surface area contributed by atoms with Crippen LogP contribution in [0, 0.1) is 5.82 Å². The van der Waals surface area contributed by atoms with Gasteiger partial charge < -0.3 is 9.47 Å². The van der Waals surface area contributed by atoms with Crippen LogP contribution in [0.2, 0.25) is 0 Å². The quantitative estimate of drug-likeness (QED) is 0.520. The van der Waals surface area contributed by atoms with Gasteiger partial charge in [-0.3, -0.25) is 0 Å². The van der Waals surface area contributed by atoms with Gasteiger partial charge in [-0.05, 0) is 60.4 Å². The zero-order valence-corrected chi connectivity index (χ0v) is 19.8. The van der Waals surface area contributed by atoms with Crippen molar-refractivity contribution in [3.8, 4) is 11.1 Å². The second kappa shape index (κ2) is 9.49. The molecule has 2 aromatic carbocycles. The second-order valence-corrected chi connectivity index (χ2v) is 11.0. The monoisotopic (exact) mass is 468 g/mol. The lowest BCUT2D eigenvalue weighted by Gasteiger charge is -2.36. The third-order valence-corrected chi connectivity index (χ3v) is 8.34. The molecule has 1 saturated heterocycles. The van der Waals surface area contributed by atoms with E-state index in [1.54, 1.807) is 42.8 Å². The van der Waals surface area contributed by atoms with Gasteiger partial charge in [-0.1, -0.05) is 24.8 Å². The molecule has 0 radical (unpaired) electrons. The summed E-state index contributed by atoms with van der Waals surface area (Å²) in [5.74, 6) is -0.297. The summed E-state index contributed by atoms with van der Waals surface area (Å²) in [4.78, 5) is 6.28. The van der Waals surface area contributed by atoms with Crippen molar-refractivity contribution in [2.45, 2.75) is 25.6 Å². The molecule has 0 N–H and O–H groups in total. The fraction of sp³-hybridized carbons (Fsp3) is 0.320. The van der Waals surface area contributed by atoms with E-state index >= 15 is 0 Å². The fourth-order valence-electron chi connectivity index (χ4n) is 4.24. The summed E-state index contributed by atoms with van der Waals surface area (Å²) in [5, 5.41) is -0.408. The summed E-state index contributed by atoms with van der Waals surface area (Å²) in [5.41, 5.74) is 4.55. The highest BCUT2D eigenvalue weighted by Gasteiger charge is 2.29. The van der Waals surface area contributed by atoms with Crippen LogP contribution < -0.4 is 4.90 Å². The van der Waals surface area contributed by atoms with E-state index < -0.39 is 15.3 Å². The standard InChI is InChI=1S/C25H29FN4O2S/c1-4-20-15-23(26)16-22(17-28-10-9-27-18-28)25(20)21-5-7-24(8-6-21)29-11-13-30(14-12-29)33(31,32)19(2)3/h4-10,15-16,18-19H,1,11-14,17H2,2-3H3. The van der Waals surface area contributed by atoms with E-state index in [2.05, 4.69) is 16.5 Å². The normalized spacial score (nSPS) is 15.2. The van der Waals surface area contributed by atoms with Gasteiger partial charge in [0.25, 0.3) is 0 Å². The fourth-order valence-corrected chi connectivity index (χ4v) is 5.51. The van der Waals surface area contributed by atoms with Crippen molar-refractivity contribution in [2.75, 3.05) is 31.1 Å². The molecular formula is C25H29FN4O2S. The number of nitrogens with zero attached hydrogens (tertiary/aromatic N) is 4. The Hall–Kier alpha value is -2.97. The summed E-state index contributed by atoms with van der Waals surface area (Å²) in [6.07, 6.45) is 6.95. The van der Waals surface area contributed by atoms with Crippen LogP contribution in [0.5, 0.6) is 0 Å². The summed E-state index contributed by atoms with van der Waals surface area (Å²) < 4.78 is 42.6. The molecule has 3 aromatic rings. The molecule has 6 nitrogen and oxygen atoms in total. The molecule has 2 heterocycles. The van der Waals surface area contributed by atoms with Crippen LogP contribution in [0.4, 0.5) is 10.1 Å². The maximum atomic E-state index is 14.3. The maximum absolute atomic E-state index is 14.3. The molecule has 33 heavy (non-hydrogen) atoms. The molecule has 0 spiro atoms. The van der Waals surface area contributed by atoms with Gasteiger partial charge in [-0.25, -0.2) is 17.8 Å². The number of imidazole rings is 1. The van der Waals surface area contributed by atoms with Crippen molar-refractivity contribution < 1.29 is 12.8 Å². The van der Waals surface area contributed by atoms with E-state index in [1.165, 1.54) is 6.07 Å². The zero-order chi connectivity index (χ0) is 23.6. The van der Waals surface area contributed by atoms with Crippen LogP contribution in [0.3, 0.4) is 0 Å². The van der Waals surface area contributed by atoms with E-state index in [9.17, 15) is 12.8 Å². The number of aromatic nitrogens is 2. The van der Waals surface area contributed by atoms with Crippen LogP contribution in [0.25, 0.3) is 17.2 Å². The average molecular weight is 469 g/mol. The van der Waals surface area contributed by atoms with E-state index in [0.717, 1.165) is 27.9 Å². The van der Waals surface area contributed by atoms with Crippen LogP contribution in [0.15, 0.2) is 61.7 Å². The summed E-state index contributed by atoms with van der Waals surface area (Å²) in [7, 11) is -3.23. The van der Waals surface area contributed by atoms with Gasteiger partial charge in [0.05, 0.1) is 11.6 Å². The topological polar surface area (TPSA) is 58.4 Å². The number of hydrogen-bond donors (Lipinski definition) is 0. The van der Waals surface area contributed by atoms with Crippen LogP contribution >= 0.6 is 0 Å². The van der Waals surface area contributed by atoms with Gasteiger partial charge in [0.15, 0.2) is 0 Å². The van der Waals surface area contributed by atoms with E-state index in [1.807, 2.05) is 35.0 Å². The summed E-state index contributed by atoms with van der Waals surface area (Å²) >= 11 is 0. The Morgan fingerprint density at radius 1 is 1.12 bits per heavy atom. The Morgan fingerprint density at radius 3 is 2.39 bits per heavy atom. The van der Waals surface area contributed by atoms with Gasteiger partial charge in [-0.15, -0.1) is 0 Å². The number of hydrogen-bond acceptors (Lipinski definition) is 4. The molecule has 0 atom stereocenters.